The first-order chi connectivity index (χ1) is 12.7. The summed E-state index contributed by atoms with van der Waals surface area (Å²) in [4.78, 5) is 28.4. The van der Waals surface area contributed by atoms with E-state index in [4.69, 9.17) is 0 Å². The van der Waals surface area contributed by atoms with Crippen molar-refractivity contribution in [2.24, 2.45) is 0 Å². The Morgan fingerprint density at radius 2 is 1.78 bits per heavy atom. The molecule has 2 rings (SSSR count). The molecule has 0 bridgehead atoms. The summed E-state index contributed by atoms with van der Waals surface area (Å²) in [7, 11) is 2.01. The van der Waals surface area contributed by atoms with Gasteiger partial charge in [-0.15, -0.1) is 0 Å². The Balaban J connectivity index is 1.83. The molecular weight excluding hydrogens is 340 g/mol. The first kappa shape index (κ1) is 21.2. The highest BCUT2D eigenvalue weighted by Crippen LogP contribution is 2.25. The van der Waals surface area contributed by atoms with Crippen molar-refractivity contribution < 1.29 is 9.59 Å². The monoisotopic (exact) mass is 374 g/mol. The Morgan fingerprint density at radius 3 is 2.44 bits per heavy atom. The van der Waals surface area contributed by atoms with Crippen LogP contribution in [-0.2, 0) is 11.3 Å². The van der Waals surface area contributed by atoms with E-state index in [0.717, 1.165) is 19.6 Å². The number of nitrogens with one attached hydrogen (secondary N) is 2. The highest BCUT2D eigenvalue weighted by molar-refractivity contribution is 5.94. The third-order valence-corrected chi connectivity index (χ3v) is 4.59. The van der Waals surface area contributed by atoms with Crippen LogP contribution in [0.3, 0.4) is 0 Å². The van der Waals surface area contributed by atoms with Crippen molar-refractivity contribution in [1.82, 2.24) is 15.5 Å². The van der Waals surface area contributed by atoms with Crippen molar-refractivity contribution in [2.45, 2.75) is 58.5 Å². The number of nitrogens with zero attached hydrogens (tertiary/aromatic N) is 2. The minimum absolute atomic E-state index is 0.257. The molecule has 3 amide bonds. The van der Waals surface area contributed by atoms with Crippen LogP contribution in [0.1, 0.15) is 52.0 Å². The van der Waals surface area contributed by atoms with Gasteiger partial charge in [-0.2, -0.15) is 0 Å². The molecule has 0 spiro atoms. The van der Waals surface area contributed by atoms with Crippen molar-refractivity contribution in [1.29, 1.82) is 0 Å². The zero-order chi connectivity index (χ0) is 19.9. The number of para-hydroxylation sites is 1. The lowest BCUT2D eigenvalue weighted by Crippen LogP contribution is -2.48. The summed E-state index contributed by atoms with van der Waals surface area (Å²) in [5.41, 5.74) is 2.23. The molecule has 150 valence electrons. The second kappa shape index (κ2) is 9.74. The van der Waals surface area contributed by atoms with E-state index in [0.29, 0.717) is 13.0 Å². The standard InChI is InChI=1S/C21H34N4O2/c1-21(2,3)23-20(27)22-19(26)12-15-24(4)16-17-10-6-7-11-18(17)25-13-8-5-9-14-25/h6-7,10-11H,5,8-9,12-16H2,1-4H3,(H2,22,23,26,27). The molecule has 1 aromatic rings. The van der Waals surface area contributed by atoms with E-state index in [1.165, 1.54) is 30.5 Å². The lowest BCUT2D eigenvalue weighted by Gasteiger charge is -2.31. The predicted molar refractivity (Wildman–Crippen MR) is 110 cm³/mol. The molecule has 0 unspecified atom stereocenters. The topological polar surface area (TPSA) is 64.7 Å². The van der Waals surface area contributed by atoms with Crippen LogP contribution in [0.2, 0.25) is 0 Å². The number of hydrogen-bond donors (Lipinski definition) is 2. The maximum absolute atomic E-state index is 12.0. The molecule has 2 N–H and O–H groups in total. The summed E-state index contributed by atoms with van der Waals surface area (Å²) in [6.45, 7) is 9.26. The second-order valence-electron chi connectivity index (χ2n) is 8.42. The van der Waals surface area contributed by atoms with Crippen molar-refractivity contribution in [3.63, 3.8) is 0 Å². The van der Waals surface area contributed by atoms with Crippen LogP contribution in [0.4, 0.5) is 10.5 Å². The highest BCUT2D eigenvalue weighted by Gasteiger charge is 2.17. The third kappa shape index (κ3) is 7.59. The Morgan fingerprint density at radius 1 is 1.11 bits per heavy atom. The molecule has 0 saturated carbocycles. The number of imide groups is 1. The average molecular weight is 375 g/mol. The maximum atomic E-state index is 12.0. The van der Waals surface area contributed by atoms with Crippen molar-refractivity contribution in [3.8, 4) is 0 Å². The van der Waals surface area contributed by atoms with Crippen LogP contribution < -0.4 is 15.5 Å². The van der Waals surface area contributed by atoms with Gasteiger partial charge in [0.05, 0.1) is 0 Å². The fourth-order valence-electron chi connectivity index (χ4n) is 3.31. The van der Waals surface area contributed by atoms with Crippen LogP contribution in [-0.4, -0.2) is 49.1 Å². The van der Waals surface area contributed by atoms with Crippen molar-refractivity contribution >= 4 is 17.6 Å². The fraction of sp³-hybridized carbons (Fsp3) is 0.619. The largest absolute Gasteiger partial charge is 0.371 e. The molecule has 1 fully saturated rings. The van der Waals surface area contributed by atoms with Gasteiger partial charge in [-0.1, -0.05) is 18.2 Å². The molecular formula is C21H34N4O2. The Bertz CT molecular complexity index is 633. The van der Waals surface area contributed by atoms with Crippen molar-refractivity contribution in [2.75, 3.05) is 31.6 Å². The number of urea groups is 1. The van der Waals surface area contributed by atoms with Gasteiger partial charge in [-0.3, -0.25) is 10.1 Å². The molecule has 6 nitrogen and oxygen atoms in total. The van der Waals surface area contributed by atoms with E-state index in [1.54, 1.807) is 0 Å². The van der Waals surface area contributed by atoms with Crippen LogP contribution in [0.5, 0.6) is 0 Å². The average Bonchev–Trinajstić information content (AvgIpc) is 2.59. The Labute approximate surface area is 163 Å². The molecule has 0 atom stereocenters. The molecule has 0 radical (unpaired) electrons. The van der Waals surface area contributed by atoms with Gasteiger partial charge in [-0.05, 0) is 58.7 Å². The summed E-state index contributed by atoms with van der Waals surface area (Å²) in [5, 5.41) is 5.13. The first-order valence-electron chi connectivity index (χ1n) is 9.88. The Hall–Kier alpha value is -2.08. The number of carbonyl (C=O) groups is 2. The van der Waals surface area contributed by atoms with Crippen LogP contribution in [0.15, 0.2) is 24.3 Å². The van der Waals surface area contributed by atoms with Crippen LogP contribution >= 0.6 is 0 Å². The summed E-state index contributed by atoms with van der Waals surface area (Å²) >= 11 is 0. The summed E-state index contributed by atoms with van der Waals surface area (Å²) < 4.78 is 0. The molecule has 1 heterocycles. The number of benzene rings is 1. The lowest BCUT2D eigenvalue weighted by molar-refractivity contribution is -0.120. The van der Waals surface area contributed by atoms with Crippen LogP contribution in [0.25, 0.3) is 0 Å². The van der Waals surface area contributed by atoms with Gasteiger partial charge < -0.3 is 15.1 Å². The number of amides is 3. The van der Waals surface area contributed by atoms with Crippen LogP contribution in [0, 0.1) is 0 Å². The normalized spacial score (nSPS) is 14.9. The fourth-order valence-corrected chi connectivity index (χ4v) is 3.31. The first-order valence-corrected chi connectivity index (χ1v) is 9.88. The number of rotatable bonds is 6. The van der Waals surface area contributed by atoms with E-state index in [-0.39, 0.29) is 11.4 Å². The molecule has 1 aromatic carbocycles. The SMILES string of the molecule is CN(CCC(=O)NC(=O)NC(C)(C)C)Cc1ccccc1N1CCCCC1. The lowest BCUT2D eigenvalue weighted by atomic mass is 10.1. The van der Waals surface area contributed by atoms with Gasteiger partial charge in [0.15, 0.2) is 0 Å². The van der Waals surface area contributed by atoms with Gasteiger partial charge in [0, 0.05) is 43.8 Å². The third-order valence-electron chi connectivity index (χ3n) is 4.59. The molecule has 6 heteroatoms. The number of carbonyl (C=O) groups excluding carboxylic acids is 2. The zero-order valence-corrected chi connectivity index (χ0v) is 17.2. The number of piperidine rings is 1. The molecule has 1 aliphatic rings. The van der Waals surface area contributed by atoms with Gasteiger partial charge in [0.25, 0.3) is 0 Å². The van der Waals surface area contributed by atoms with E-state index < -0.39 is 6.03 Å². The van der Waals surface area contributed by atoms with E-state index >= 15 is 0 Å². The van der Waals surface area contributed by atoms with Crippen molar-refractivity contribution in [3.05, 3.63) is 29.8 Å². The molecule has 27 heavy (non-hydrogen) atoms. The maximum Gasteiger partial charge on any atom is 0.321 e. The molecule has 1 saturated heterocycles. The predicted octanol–water partition coefficient (Wildman–Crippen LogP) is 3.12. The van der Waals surface area contributed by atoms with Gasteiger partial charge in [0.2, 0.25) is 5.91 Å². The van der Waals surface area contributed by atoms with Gasteiger partial charge in [0.1, 0.15) is 0 Å². The zero-order valence-electron chi connectivity index (χ0n) is 17.2. The Kier molecular flexibility index (Phi) is 7.66. The highest BCUT2D eigenvalue weighted by atomic mass is 16.2. The smallest absolute Gasteiger partial charge is 0.321 e. The van der Waals surface area contributed by atoms with Gasteiger partial charge in [-0.25, -0.2) is 4.79 Å². The number of anilines is 1. The quantitative estimate of drug-likeness (QED) is 0.803. The van der Waals surface area contributed by atoms with Gasteiger partial charge >= 0.3 is 6.03 Å². The summed E-state index contributed by atoms with van der Waals surface area (Å²) in [6.07, 6.45) is 4.11. The second-order valence-corrected chi connectivity index (χ2v) is 8.42. The minimum Gasteiger partial charge on any atom is -0.371 e. The minimum atomic E-state index is -0.439. The summed E-state index contributed by atoms with van der Waals surface area (Å²) in [5.74, 6) is -0.257. The molecule has 1 aliphatic heterocycles. The summed E-state index contributed by atoms with van der Waals surface area (Å²) in [6, 6.07) is 8.08. The van der Waals surface area contributed by atoms with E-state index in [1.807, 2.05) is 27.8 Å². The van der Waals surface area contributed by atoms with E-state index in [2.05, 4.69) is 44.7 Å². The molecule has 0 aliphatic carbocycles. The number of hydrogen-bond acceptors (Lipinski definition) is 4. The van der Waals surface area contributed by atoms with E-state index in [9.17, 15) is 9.59 Å². The molecule has 0 aromatic heterocycles.